The number of likely N-dealkylation sites (tertiary alicyclic amines) is 1. The Kier molecular flexibility index (Phi) is 4.81. The molecule has 7 heteroatoms. The van der Waals surface area contributed by atoms with Gasteiger partial charge in [-0.3, -0.25) is 4.79 Å². The predicted molar refractivity (Wildman–Crippen MR) is 71.1 cm³/mol. The molecule has 1 atom stereocenters. The quantitative estimate of drug-likeness (QED) is 0.646. The Balaban J connectivity index is 1.64. The molecule has 1 saturated carbocycles. The van der Waals surface area contributed by atoms with Crippen LogP contribution in [0.4, 0.5) is 4.79 Å². The van der Waals surface area contributed by atoms with Crippen LogP contribution >= 0.6 is 0 Å². The minimum atomic E-state index is -1.00. The first-order valence-electron chi connectivity index (χ1n) is 7.13. The lowest BCUT2D eigenvalue weighted by Gasteiger charge is -2.16. The lowest BCUT2D eigenvalue weighted by atomic mass is 10.2. The number of hydrogen-bond acceptors (Lipinski definition) is 3. The van der Waals surface area contributed by atoms with Gasteiger partial charge in [0.15, 0.2) is 0 Å². The van der Waals surface area contributed by atoms with Crippen molar-refractivity contribution in [2.45, 2.75) is 38.1 Å². The van der Waals surface area contributed by atoms with Gasteiger partial charge in [-0.05, 0) is 31.6 Å². The Morgan fingerprint density at radius 2 is 1.85 bits per heavy atom. The molecule has 112 valence electrons. The summed E-state index contributed by atoms with van der Waals surface area (Å²) in [7, 11) is 0. The number of nitrogens with zero attached hydrogens (tertiary/aromatic N) is 1. The van der Waals surface area contributed by atoms with Crippen molar-refractivity contribution < 1.29 is 19.5 Å². The lowest BCUT2D eigenvalue weighted by molar-refractivity contribution is -0.139. The van der Waals surface area contributed by atoms with Crippen molar-refractivity contribution in [3.8, 4) is 0 Å². The van der Waals surface area contributed by atoms with Crippen LogP contribution in [-0.4, -0.2) is 53.6 Å². The number of aliphatic carboxylic acids is 1. The van der Waals surface area contributed by atoms with Crippen molar-refractivity contribution in [1.82, 2.24) is 15.5 Å². The fraction of sp³-hybridized carbons (Fsp3) is 0.769. The molecule has 3 amide bonds. The van der Waals surface area contributed by atoms with Crippen LogP contribution in [0.15, 0.2) is 0 Å². The van der Waals surface area contributed by atoms with Gasteiger partial charge in [0.05, 0.1) is 0 Å². The molecule has 1 aliphatic heterocycles. The van der Waals surface area contributed by atoms with Crippen LogP contribution in [0, 0.1) is 5.92 Å². The third kappa shape index (κ3) is 4.11. The Morgan fingerprint density at radius 3 is 2.40 bits per heavy atom. The zero-order chi connectivity index (χ0) is 14.5. The summed E-state index contributed by atoms with van der Waals surface area (Å²) in [6.45, 7) is 1.83. The standard InChI is InChI=1S/C13H21N3O4/c17-10(16-7-1-2-8-16)5-6-14-13(20)15-11(12(18)19)9-3-4-9/h9,11H,1-8H2,(H,18,19)(H2,14,15,20). The van der Waals surface area contributed by atoms with Crippen LogP contribution < -0.4 is 10.6 Å². The second-order valence-corrected chi connectivity index (χ2v) is 5.39. The summed E-state index contributed by atoms with van der Waals surface area (Å²) >= 11 is 0. The van der Waals surface area contributed by atoms with Crippen LogP contribution in [0.2, 0.25) is 0 Å². The maximum absolute atomic E-state index is 11.7. The topological polar surface area (TPSA) is 98.7 Å². The van der Waals surface area contributed by atoms with Crippen molar-refractivity contribution in [3.63, 3.8) is 0 Å². The Morgan fingerprint density at radius 1 is 1.20 bits per heavy atom. The highest BCUT2D eigenvalue weighted by atomic mass is 16.4. The first-order valence-corrected chi connectivity index (χ1v) is 7.13. The van der Waals surface area contributed by atoms with E-state index in [0.29, 0.717) is 0 Å². The van der Waals surface area contributed by atoms with Gasteiger partial charge in [0.2, 0.25) is 5.91 Å². The summed E-state index contributed by atoms with van der Waals surface area (Å²) in [4.78, 5) is 36.1. The Hall–Kier alpha value is -1.79. The maximum Gasteiger partial charge on any atom is 0.326 e. The third-order valence-corrected chi connectivity index (χ3v) is 3.73. The molecule has 1 aliphatic carbocycles. The largest absolute Gasteiger partial charge is 0.480 e. The molecule has 1 unspecified atom stereocenters. The van der Waals surface area contributed by atoms with Gasteiger partial charge in [0.1, 0.15) is 6.04 Å². The molecule has 2 aliphatic rings. The van der Waals surface area contributed by atoms with E-state index in [0.717, 1.165) is 38.8 Å². The molecule has 0 radical (unpaired) electrons. The van der Waals surface area contributed by atoms with Crippen molar-refractivity contribution >= 4 is 17.9 Å². The van der Waals surface area contributed by atoms with Crippen LogP contribution in [0.5, 0.6) is 0 Å². The van der Waals surface area contributed by atoms with Crippen LogP contribution in [0.3, 0.4) is 0 Å². The Labute approximate surface area is 117 Å². The SMILES string of the molecule is O=C(NCCC(=O)N1CCCC1)NC(C(=O)O)C1CC1. The molecular formula is C13H21N3O4. The maximum atomic E-state index is 11.7. The second-order valence-electron chi connectivity index (χ2n) is 5.39. The van der Waals surface area contributed by atoms with Gasteiger partial charge >= 0.3 is 12.0 Å². The average Bonchev–Trinajstić information content (AvgIpc) is 3.08. The van der Waals surface area contributed by atoms with Gasteiger partial charge < -0.3 is 20.6 Å². The van der Waals surface area contributed by atoms with Crippen molar-refractivity contribution in [2.24, 2.45) is 5.92 Å². The van der Waals surface area contributed by atoms with E-state index in [1.165, 1.54) is 0 Å². The highest BCUT2D eigenvalue weighted by molar-refractivity contribution is 5.83. The van der Waals surface area contributed by atoms with E-state index in [4.69, 9.17) is 5.11 Å². The number of urea groups is 1. The van der Waals surface area contributed by atoms with Gasteiger partial charge in [-0.2, -0.15) is 0 Å². The predicted octanol–water partition coefficient (Wildman–Crippen LogP) is 0.161. The van der Waals surface area contributed by atoms with Crippen LogP contribution in [0.1, 0.15) is 32.1 Å². The molecule has 1 saturated heterocycles. The van der Waals surface area contributed by atoms with E-state index in [9.17, 15) is 14.4 Å². The summed E-state index contributed by atoms with van der Waals surface area (Å²) in [6, 6.07) is -1.33. The van der Waals surface area contributed by atoms with E-state index in [1.807, 2.05) is 0 Å². The minimum Gasteiger partial charge on any atom is -0.480 e. The average molecular weight is 283 g/mol. The van der Waals surface area contributed by atoms with Crippen LogP contribution in [0.25, 0.3) is 0 Å². The molecule has 2 rings (SSSR count). The highest BCUT2D eigenvalue weighted by Gasteiger charge is 2.37. The summed E-state index contributed by atoms with van der Waals surface area (Å²) in [6.07, 6.45) is 4.02. The van der Waals surface area contributed by atoms with Gasteiger partial charge in [-0.15, -0.1) is 0 Å². The summed E-state index contributed by atoms with van der Waals surface area (Å²) in [5.74, 6) is -0.917. The molecule has 20 heavy (non-hydrogen) atoms. The fourth-order valence-electron chi connectivity index (χ4n) is 2.41. The zero-order valence-corrected chi connectivity index (χ0v) is 11.4. The van der Waals surface area contributed by atoms with Gasteiger partial charge in [0, 0.05) is 26.1 Å². The molecule has 1 heterocycles. The lowest BCUT2D eigenvalue weighted by Crippen LogP contribution is -2.47. The summed E-state index contributed by atoms with van der Waals surface area (Å²) in [5, 5.41) is 14.0. The number of nitrogens with one attached hydrogen (secondary N) is 2. The number of carboxylic acids is 1. The molecule has 7 nitrogen and oxygen atoms in total. The highest BCUT2D eigenvalue weighted by Crippen LogP contribution is 2.32. The summed E-state index contributed by atoms with van der Waals surface area (Å²) in [5.41, 5.74) is 0. The molecule has 0 aromatic carbocycles. The number of carbonyl (C=O) groups excluding carboxylic acids is 2. The Bertz CT molecular complexity index is 389. The van der Waals surface area contributed by atoms with Gasteiger partial charge in [-0.25, -0.2) is 9.59 Å². The van der Waals surface area contributed by atoms with Crippen molar-refractivity contribution in [3.05, 3.63) is 0 Å². The third-order valence-electron chi connectivity index (χ3n) is 3.73. The normalized spacial score (nSPS) is 19.5. The molecule has 0 aromatic heterocycles. The molecule has 0 aromatic rings. The van der Waals surface area contributed by atoms with Gasteiger partial charge in [-0.1, -0.05) is 0 Å². The van der Waals surface area contributed by atoms with E-state index in [-0.39, 0.29) is 24.8 Å². The van der Waals surface area contributed by atoms with Crippen molar-refractivity contribution in [2.75, 3.05) is 19.6 Å². The number of hydrogen-bond donors (Lipinski definition) is 3. The van der Waals surface area contributed by atoms with E-state index in [2.05, 4.69) is 10.6 Å². The molecule has 0 bridgehead atoms. The van der Waals surface area contributed by atoms with Crippen molar-refractivity contribution in [1.29, 1.82) is 0 Å². The smallest absolute Gasteiger partial charge is 0.326 e. The number of amides is 3. The molecule has 3 N–H and O–H groups in total. The molecule has 0 spiro atoms. The van der Waals surface area contributed by atoms with E-state index < -0.39 is 18.0 Å². The second kappa shape index (κ2) is 6.58. The van der Waals surface area contributed by atoms with E-state index in [1.54, 1.807) is 4.90 Å². The monoisotopic (exact) mass is 283 g/mol. The first kappa shape index (κ1) is 14.6. The molecular weight excluding hydrogens is 262 g/mol. The summed E-state index contributed by atoms with van der Waals surface area (Å²) < 4.78 is 0. The fourth-order valence-corrected chi connectivity index (χ4v) is 2.41. The first-order chi connectivity index (χ1) is 9.58. The molecule has 2 fully saturated rings. The van der Waals surface area contributed by atoms with Gasteiger partial charge in [0.25, 0.3) is 0 Å². The number of rotatable bonds is 6. The minimum absolute atomic E-state index is 0.0415. The zero-order valence-electron chi connectivity index (χ0n) is 11.4. The van der Waals surface area contributed by atoms with E-state index >= 15 is 0 Å². The van der Waals surface area contributed by atoms with Crippen LogP contribution in [-0.2, 0) is 9.59 Å². The number of carboxylic acid groups (broad SMARTS) is 1. The number of carbonyl (C=O) groups is 3.